The minimum Gasteiger partial charge on any atom is -0.373 e. The van der Waals surface area contributed by atoms with Crippen molar-refractivity contribution in [2.75, 3.05) is 25.5 Å². The third-order valence-corrected chi connectivity index (χ3v) is 2.98. The van der Waals surface area contributed by atoms with Crippen molar-refractivity contribution in [3.63, 3.8) is 0 Å². The van der Waals surface area contributed by atoms with Crippen molar-refractivity contribution < 1.29 is 4.74 Å². The van der Waals surface area contributed by atoms with E-state index in [9.17, 15) is 0 Å². The van der Waals surface area contributed by atoms with Crippen LogP contribution in [0, 0.1) is 0 Å². The van der Waals surface area contributed by atoms with Crippen molar-refractivity contribution in [1.29, 1.82) is 0 Å². The number of hydrogen-bond donors (Lipinski definition) is 1. The lowest BCUT2D eigenvalue weighted by Crippen LogP contribution is -2.44. The maximum absolute atomic E-state index is 5.72. The molecular formula is C13H21N3O. The summed E-state index contributed by atoms with van der Waals surface area (Å²) in [5.74, 6) is 0.914. The Kier molecular flexibility index (Phi) is 3.97. The molecule has 4 nitrogen and oxygen atoms in total. The Labute approximate surface area is 103 Å². The van der Waals surface area contributed by atoms with Crippen molar-refractivity contribution in [3.8, 4) is 0 Å². The van der Waals surface area contributed by atoms with Crippen LogP contribution in [-0.4, -0.2) is 42.2 Å². The molecule has 2 rings (SSSR count). The molecule has 17 heavy (non-hydrogen) atoms. The van der Waals surface area contributed by atoms with E-state index in [1.54, 1.807) is 0 Å². The summed E-state index contributed by atoms with van der Waals surface area (Å²) in [5.41, 5.74) is 1.25. The fourth-order valence-corrected chi connectivity index (χ4v) is 2.34. The van der Waals surface area contributed by atoms with E-state index in [-0.39, 0.29) is 0 Å². The standard InChI is InChI=1S/C13H21N3O/c1-10-7-16(8-11(2)17-10)9-12-4-5-13(14-3)15-6-12/h4-6,10-11H,7-9H2,1-3H3,(H,14,15)/t10-,11+. The first kappa shape index (κ1) is 12.3. The highest BCUT2D eigenvalue weighted by Gasteiger charge is 2.21. The Morgan fingerprint density at radius 1 is 1.35 bits per heavy atom. The largest absolute Gasteiger partial charge is 0.373 e. The highest BCUT2D eigenvalue weighted by Crippen LogP contribution is 2.14. The second-order valence-corrected chi connectivity index (χ2v) is 4.75. The smallest absolute Gasteiger partial charge is 0.125 e. The third kappa shape index (κ3) is 3.41. The first-order chi connectivity index (χ1) is 8.17. The van der Waals surface area contributed by atoms with Gasteiger partial charge in [-0.2, -0.15) is 0 Å². The fourth-order valence-electron chi connectivity index (χ4n) is 2.34. The zero-order valence-electron chi connectivity index (χ0n) is 10.8. The van der Waals surface area contributed by atoms with Gasteiger partial charge in [-0.25, -0.2) is 4.98 Å². The maximum Gasteiger partial charge on any atom is 0.125 e. The predicted molar refractivity (Wildman–Crippen MR) is 69.1 cm³/mol. The molecule has 1 fully saturated rings. The summed E-state index contributed by atoms with van der Waals surface area (Å²) in [5, 5.41) is 3.03. The van der Waals surface area contributed by atoms with Gasteiger partial charge in [0.2, 0.25) is 0 Å². The van der Waals surface area contributed by atoms with Crippen molar-refractivity contribution >= 4 is 5.82 Å². The van der Waals surface area contributed by atoms with Crippen LogP contribution in [0.3, 0.4) is 0 Å². The molecule has 1 saturated heterocycles. The molecule has 94 valence electrons. The Balaban J connectivity index is 1.95. The van der Waals surface area contributed by atoms with E-state index in [2.05, 4.69) is 35.1 Å². The first-order valence-electron chi connectivity index (χ1n) is 6.18. The zero-order valence-corrected chi connectivity index (χ0v) is 10.8. The summed E-state index contributed by atoms with van der Waals surface area (Å²) in [6, 6.07) is 4.15. The minimum atomic E-state index is 0.322. The Bertz CT molecular complexity index is 342. The monoisotopic (exact) mass is 235 g/mol. The molecule has 0 unspecified atom stereocenters. The molecule has 0 amide bonds. The van der Waals surface area contributed by atoms with E-state index < -0.39 is 0 Å². The van der Waals surface area contributed by atoms with Crippen LogP contribution in [0.1, 0.15) is 19.4 Å². The summed E-state index contributed by atoms with van der Waals surface area (Å²) in [6.45, 7) is 7.21. The van der Waals surface area contributed by atoms with Gasteiger partial charge in [-0.1, -0.05) is 6.07 Å². The lowest BCUT2D eigenvalue weighted by molar-refractivity contribution is -0.0705. The number of anilines is 1. The molecule has 1 aromatic rings. The number of aromatic nitrogens is 1. The predicted octanol–water partition coefficient (Wildman–Crippen LogP) is 1.73. The molecule has 0 aromatic carbocycles. The van der Waals surface area contributed by atoms with Gasteiger partial charge in [0.15, 0.2) is 0 Å². The van der Waals surface area contributed by atoms with E-state index in [4.69, 9.17) is 4.74 Å². The van der Waals surface area contributed by atoms with Gasteiger partial charge in [0.25, 0.3) is 0 Å². The maximum atomic E-state index is 5.72. The summed E-state index contributed by atoms with van der Waals surface area (Å²) >= 11 is 0. The highest BCUT2D eigenvalue weighted by atomic mass is 16.5. The van der Waals surface area contributed by atoms with Crippen LogP contribution in [0.2, 0.25) is 0 Å². The van der Waals surface area contributed by atoms with Gasteiger partial charge in [0.1, 0.15) is 5.82 Å². The van der Waals surface area contributed by atoms with Gasteiger partial charge in [-0.05, 0) is 25.5 Å². The van der Waals surface area contributed by atoms with E-state index >= 15 is 0 Å². The van der Waals surface area contributed by atoms with Crippen LogP contribution in [0.4, 0.5) is 5.82 Å². The normalized spacial score (nSPS) is 25.8. The molecule has 2 atom stereocenters. The lowest BCUT2D eigenvalue weighted by atomic mass is 10.2. The number of nitrogens with one attached hydrogen (secondary N) is 1. The Morgan fingerprint density at radius 2 is 2.06 bits per heavy atom. The molecule has 1 aliphatic heterocycles. The second-order valence-electron chi connectivity index (χ2n) is 4.75. The first-order valence-corrected chi connectivity index (χ1v) is 6.18. The molecular weight excluding hydrogens is 214 g/mol. The van der Waals surface area contributed by atoms with Crippen molar-refractivity contribution in [3.05, 3.63) is 23.9 Å². The number of hydrogen-bond acceptors (Lipinski definition) is 4. The summed E-state index contributed by atoms with van der Waals surface area (Å²) in [7, 11) is 1.88. The van der Waals surface area contributed by atoms with Gasteiger partial charge in [0.05, 0.1) is 12.2 Å². The van der Waals surface area contributed by atoms with Gasteiger partial charge >= 0.3 is 0 Å². The Morgan fingerprint density at radius 3 is 2.59 bits per heavy atom. The van der Waals surface area contributed by atoms with Crippen LogP contribution in [0.5, 0.6) is 0 Å². The third-order valence-electron chi connectivity index (χ3n) is 2.98. The molecule has 0 saturated carbocycles. The minimum absolute atomic E-state index is 0.322. The van der Waals surface area contributed by atoms with Gasteiger partial charge in [0, 0.05) is 32.9 Å². The second kappa shape index (κ2) is 5.47. The average Bonchev–Trinajstić information content (AvgIpc) is 2.28. The molecule has 0 radical (unpaired) electrons. The van der Waals surface area contributed by atoms with Gasteiger partial charge in [-0.15, -0.1) is 0 Å². The molecule has 0 aliphatic carbocycles. The lowest BCUT2D eigenvalue weighted by Gasteiger charge is -2.35. The van der Waals surface area contributed by atoms with Crippen molar-refractivity contribution in [2.24, 2.45) is 0 Å². The quantitative estimate of drug-likeness (QED) is 0.866. The van der Waals surface area contributed by atoms with E-state index in [0.29, 0.717) is 12.2 Å². The zero-order chi connectivity index (χ0) is 12.3. The molecule has 0 bridgehead atoms. The van der Waals surface area contributed by atoms with Crippen molar-refractivity contribution in [1.82, 2.24) is 9.88 Å². The highest BCUT2D eigenvalue weighted by molar-refractivity contribution is 5.34. The van der Waals surface area contributed by atoms with E-state index in [1.807, 2.05) is 19.3 Å². The molecule has 0 spiro atoms. The Hall–Kier alpha value is -1.13. The summed E-state index contributed by atoms with van der Waals surface area (Å²) in [6.07, 6.45) is 2.59. The number of nitrogens with zero attached hydrogens (tertiary/aromatic N) is 2. The number of rotatable bonds is 3. The molecule has 1 aliphatic rings. The summed E-state index contributed by atoms with van der Waals surface area (Å²) in [4.78, 5) is 6.76. The van der Waals surface area contributed by atoms with Gasteiger partial charge < -0.3 is 10.1 Å². The molecule has 1 aromatic heterocycles. The van der Waals surface area contributed by atoms with Crippen LogP contribution in [0.25, 0.3) is 0 Å². The number of pyridine rings is 1. The molecule has 2 heterocycles. The van der Waals surface area contributed by atoms with Crippen LogP contribution < -0.4 is 5.32 Å². The fraction of sp³-hybridized carbons (Fsp3) is 0.615. The molecule has 1 N–H and O–H groups in total. The van der Waals surface area contributed by atoms with Gasteiger partial charge in [-0.3, -0.25) is 4.90 Å². The van der Waals surface area contributed by atoms with Crippen LogP contribution >= 0.6 is 0 Å². The number of ether oxygens (including phenoxy) is 1. The summed E-state index contributed by atoms with van der Waals surface area (Å²) < 4.78 is 5.72. The van der Waals surface area contributed by atoms with Crippen molar-refractivity contribution in [2.45, 2.75) is 32.6 Å². The SMILES string of the molecule is CNc1ccc(CN2C[C@@H](C)O[C@@H](C)C2)cn1. The van der Waals surface area contributed by atoms with Crippen LogP contribution in [0.15, 0.2) is 18.3 Å². The molecule has 4 heteroatoms. The van der Waals surface area contributed by atoms with E-state index in [1.165, 1.54) is 5.56 Å². The average molecular weight is 235 g/mol. The topological polar surface area (TPSA) is 37.4 Å². The number of morpholine rings is 1. The van der Waals surface area contributed by atoms with Crippen LogP contribution in [-0.2, 0) is 11.3 Å². The van der Waals surface area contributed by atoms with E-state index in [0.717, 1.165) is 25.5 Å².